The van der Waals surface area contributed by atoms with Gasteiger partial charge in [-0.1, -0.05) is 0 Å². The molecule has 0 amide bonds. The Kier molecular flexibility index (Phi) is 3.03. The van der Waals surface area contributed by atoms with Crippen molar-refractivity contribution in [1.82, 2.24) is 4.98 Å². The third-order valence-electron chi connectivity index (χ3n) is 1.86. The van der Waals surface area contributed by atoms with Gasteiger partial charge in [0.05, 0.1) is 18.4 Å². The fraction of sp³-hybridized carbons (Fsp3) is 0.333. The molecule has 0 saturated carbocycles. The lowest BCUT2D eigenvalue weighted by molar-refractivity contribution is 0.111. The van der Waals surface area contributed by atoms with Crippen LogP contribution in [0.5, 0.6) is 5.88 Å². The molecule has 0 atom stereocenters. The first kappa shape index (κ1) is 10.2. The Hall–Kier alpha value is -0.900. The van der Waals surface area contributed by atoms with Crippen LogP contribution in [0.15, 0.2) is 4.47 Å². The van der Waals surface area contributed by atoms with Gasteiger partial charge >= 0.3 is 0 Å². The van der Waals surface area contributed by atoms with Crippen LogP contribution in [0.3, 0.4) is 0 Å². The van der Waals surface area contributed by atoms with E-state index in [1.165, 1.54) is 7.11 Å². The number of carbonyl (C=O) groups excluding carboxylic acids is 1. The number of rotatable bonds is 2. The van der Waals surface area contributed by atoms with E-state index in [4.69, 9.17) is 4.74 Å². The minimum absolute atomic E-state index is 0.383. The Labute approximate surface area is 85.3 Å². The number of aryl methyl sites for hydroxylation is 1. The number of methoxy groups -OCH3 is 1. The third-order valence-corrected chi connectivity index (χ3v) is 3.03. The second-order valence-corrected chi connectivity index (χ2v) is 3.47. The van der Waals surface area contributed by atoms with Crippen LogP contribution in [0.2, 0.25) is 0 Å². The van der Waals surface area contributed by atoms with Crippen LogP contribution in [0.4, 0.5) is 0 Å². The zero-order valence-electron chi connectivity index (χ0n) is 7.72. The summed E-state index contributed by atoms with van der Waals surface area (Å²) in [5.41, 5.74) is 2.18. The van der Waals surface area contributed by atoms with Gasteiger partial charge in [-0.3, -0.25) is 4.79 Å². The number of aromatic nitrogens is 1. The first-order valence-electron chi connectivity index (χ1n) is 3.77. The van der Waals surface area contributed by atoms with E-state index in [9.17, 15) is 4.79 Å². The molecule has 1 aromatic rings. The average molecular weight is 244 g/mol. The van der Waals surface area contributed by atoms with Crippen molar-refractivity contribution >= 4 is 22.2 Å². The summed E-state index contributed by atoms with van der Waals surface area (Å²) in [5.74, 6) is 0.383. The summed E-state index contributed by atoms with van der Waals surface area (Å²) in [6.45, 7) is 3.71. The number of halogens is 1. The summed E-state index contributed by atoms with van der Waals surface area (Å²) in [6, 6.07) is 0. The van der Waals surface area contributed by atoms with Crippen LogP contribution in [-0.2, 0) is 0 Å². The van der Waals surface area contributed by atoms with Crippen LogP contribution in [0.1, 0.15) is 21.6 Å². The number of hydrogen-bond acceptors (Lipinski definition) is 3. The Morgan fingerprint density at radius 3 is 2.54 bits per heavy atom. The van der Waals surface area contributed by atoms with E-state index < -0.39 is 0 Å². The molecule has 0 spiro atoms. The molecule has 0 radical (unpaired) electrons. The standard InChI is InChI=1S/C9H10BrNO2/c1-5-7(4-12)9(13-3)11-6(2)8(5)10/h4H,1-3H3. The van der Waals surface area contributed by atoms with Crippen molar-refractivity contribution in [1.29, 1.82) is 0 Å². The number of aldehydes is 1. The predicted molar refractivity (Wildman–Crippen MR) is 53.4 cm³/mol. The summed E-state index contributed by atoms with van der Waals surface area (Å²) in [5, 5.41) is 0. The summed E-state index contributed by atoms with van der Waals surface area (Å²) in [7, 11) is 1.50. The van der Waals surface area contributed by atoms with Gasteiger partial charge < -0.3 is 4.74 Å². The first-order valence-corrected chi connectivity index (χ1v) is 4.57. The molecule has 0 aliphatic heterocycles. The van der Waals surface area contributed by atoms with Crippen molar-refractivity contribution in [2.24, 2.45) is 0 Å². The number of nitrogens with zero attached hydrogens (tertiary/aromatic N) is 1. The molecule has 0 aliphatic rings. The summed E-state index contributed by atoms with van der Waals surface area (Å²) in [6.07, 6.45) is 0.755. The third kappa shape index (κ3) is 1.72. The molecule has 70 valence electrons. The second kappa shape index (κ2) is 3.87. The van der Waals surface area contributed by atoms with Crippen LogP contribution < -0.4 is 4.74 Å². The molecule has 0 N–H and O–H groups in total. The Morgan fingerprint density at radius 1 is 1.46 bits per heavy atom. The van der Waals surface area contributed by atoms with E-state index in [2.05, 4.69) is 20.9 Å². The Bertz CT molecular complexity index is 350. The van der Waals surface area contributed by atoms with Crippen LogP contribution in [-0.4, -0.2) is 18.4 Å². The lowest BCUT2D eigenvalue weighted by Gasteiger charge is -2.09. The number of pyridine rings is 1. The molecule has 0 saturated heterocycles. The zero-order valence-corrected chi connectivity index (χ0v) is 9.31. The maximum absolute atomic E-state index is 10.7. The molecular weight excluding hydrogens is 234 g/mol. The second-order valence-electron chi connectivity index (χ2n) is 2.68. The average Bonchev–Trinajstić information content (AvgIpc) is 2.13. The maximum Gasteiger partial charge on any atom is 0.224 e. The molecule has 1 heterocycles. The summed E-state index contributed by atoms with van der Waals surface area (Å²) in [4.78, 5) is 14.9. The molecule has 0 fully saturated rings. The number of hydrogen-bond donors (Lipinski definition) is 0. The molecule has 0 aromatic carbocycles. The smallest absolute Gasteiger partial charge is 0.224 e. The van der Waals surface area contributed by atoms with Crippen molar-refractivity contribution < 1.29 is 9.53 Å². The molecule has 1 rings (SSSR count). The van der Waals surface area contributed by atoms with Gasteiger partial charge in [0.2, 0.25) is 5.88 Å². The van der Waals surface area contributed by atoms with E-state index in [0.717, 1.165) is 22.0 Å². The van der Waals surface area contributed by atoms with Gasteiger partial charge in [-0.05, 0) is 35.3 Å². The zero-order chi connectivity index (χ0) is 10.0. The van der Waals surface area contributed by atoms with Crippen molar-refractivity contribution in [2.45, 2.75) is 13.8 Å². The van der Waals surface area contributed by atoms with Gasteiger partial charge in [0, 0.05) is 4.47 Å². The fourth-order valence-corrected chi connectivity index (χ4v) is 1.41. The summed E-state index contributed by atoms with van der Waals surface area (Å²) >= 11 is 3.36. The van der Waals surface area contributed by atoms with Gasteiger partial charge in [-0.25, -0.2) is 4.98 Å². The highest BCUT2D eigenvalue weighted by Crippen LogP contribution is 2.27. The van der Waals surface area contributed by atoms with Gasteiger partial charge in [0.25, 0.3) is 0 Å². The van der Waals surface area contributed by atoms with Crippen LogP contribution in [0.25, 0.3) is 0 Å². The number of carbonyl (C=O) groups is 1. The van der Waals surface area contributed by atoms with Crippen molar-refractivity contribution in [3.63, 3.8) is 0 Å². The lowest BCUT2D eigenvalue weighted by Crippen LogP contribution is -2.00. The minimum atomic E-state index is 0.383. The van der Waals surface area contributed by atoms with Crippen molar-refractivity contribution in [3.8, 4) is 5.88 Å². The quantitative estimate of drug-likeness (QED) is 0.749. The van der Waals surface area contributed by atoms with Crippen molar-refractivity contribution in [2.75, 3.05) is 7.11 Å². The molecule has 0 bridgehead atoms. The van der Waals surface area contributed by atoms with Gasteiger partial charge in [0.15, 0.2) is 6.29 Å². The first-order chi connectivity index (χ1) is 6.11. The minimum Gasteiger partial charge on any atom is -0.480 e. The molecular formula is C9H10BrNO2. The van der Waals surface area contributed by atoms with Crippen LogP contribution >= 0.6 is 15.9 Å². The summed E-state index contributed by atoms with van der Waals surface area (Å²) < 4.78 is 5.85. The van der Waals surface area contributed by atoms with Crippen molar-refractivity contribution in [3.05, 3.63) is 21.3 Å². The van der Waals surface area contributed by atoms with E-state index >= 15 is 0 Å². The molecule has 0 aliphatic carbocycles. The molecule has 13 heavy (non-hydrogen) atoms. The highest BCUT2D eigenvalue weighted by molar-refractivity contribution is 9.10. The SMILES string of the molecule is COc1nc(C)c(Br)c(C)c1C=O. The highest BCUT2D eigenvalue weighted by Gasteiger charge is 2.12. The normalized spacial score (nSPS) is 9.85. The topological polar surface area (TPSA) is 39.2 Å². The highest BCUT2D eigenvalue weighted by atomic mass is 79.9. The largest absolute Gasteiger partial charge is 0.480 e. The molecule has 4 heteroatoms. The molecule has 1 aromatic heterocycles. The molecule has 3 nitrogen and oxygen atoms in total. The Balaban J connectivity index is 3.47. The predicted octanol–water partition coefficient (Wildman–Crippen LogP) is 2.28. The van der Waals surface area contributed by atoms with Gasteiger partial charge in [-0.2, -0.15) is 0 Å². The van der Waals surface area contributed by atoms with E-state index in [-0.39, 0.29) is 0 Å². The monoisotopic (exact) mass is 243 g/mol. The van der Waals surface area contributed by atoms with E-state index in [0.29, 0.717) is 11.4 Å². The van der Waals surface area contributed by atoms with E-state index in [1.54, 1.807) is 0 Å². The fourth-order valence-electron chi connectivity index (χ4n) is 1.11. The maximum atomic E-state index is 10.7. The van der Waals surface area contributed by atoms with Gasteiger partial charge in [0.1, 0.15) is 0 Å². The number of ether oxygens (including phenoxy) is 1. The lowest BCUT2D eigenvalue weighted by atomic mass is 10.1. The Morgan fingerprint density at radius 2 is 2.08 bits per heavy atom. The van der Waals surface area contributed by atoms with Gasteiger partial charge in [-0.15, -0.1) is 0 Å². The van der Waals surface area contributed by atoms with E-state index in [1.807, 2.05) is 13.8 Å². The van der Waals surface area contributed by atoms with Crippen LogP contribution in [0, 0.1) is 13.8 Å². The molecule has 0 unspecified atom stereocenters.